The van der Waals surface area contributed by atoms with Crippen LogP contribution in [0.15, 0.2) is 18.2 Å². The summed E-state index contributed by atoms with van der Waals surface area (Å²) >= 11 is 5.98. The number of nitrogens with zero attached hydrogens (tertiary/aromatic N) is 1. The van der Waals surface area contributed by atoms with E-state index in [0.717, 1.165) is 32.1 Å². The van der Waals surface area contributed by atoms with Crippen molar-refractivity contribution in [1.82, 2.24) is 5.32 Å². The number of rotatable bonds is 8. The molecule has 1 rings (SSSR count). The van der Waals surface area contributed by atoms with Crippen LogP contribution in [-0.4, -0.2) is 16.9 Å². The molecule has 0 aromatic heterocycles. The third-order valence-corrected chi connectivity index (χ3v) is 3.61. The SMILES string of the molecule is CCCCC(CCC)NC(=O)c1cc([N+](=O)[O-])ccc1Cl. The van der Waals surface area contributed by atoms with Gasteiger partial charge in [0.15, 0.2) is 0 Å². The minimum absolute atomic E-state index is 0.0813. The van der Waals surface area contributed by atoms with Gasteiger partial charge in [-0.25, -0.2) is 0 Å². The fraction of sp³-hybridized carbons (Fsp3) is 0.533. The molecule has 0 saturated heterocycles. The molecule has 0 aliphatic carbocycles. The van der Waals surface area contributed by atoms with Crippen LogP contribution in [0.5, 0.6) is 0 Å². The average Bonchev–Trinajstić information content (AvgIpc) is 2.45. The van der Waals surface area contributed by atoms with Gasteiger partial charge in [-0.3, -0.25) is 14.9 Å². The summed E-state index contributed by atoms with van der Waals surface area (Å²) in [6, 6.07) is 3.98. The van der Waals surface area contributed by atoms with Crippen LogP contribution < -0.4 is 5.32 Å². The quantitative estimate of drug-likeness (QED) is 0.573. The van der Waals surface area contributed by atoms with Gasteiger partial charge < -0.3 is 5.32 Å². The molecule has 0 fully saturated rings. The summed E-state index contributed by atoms with van der Waals surface area (Å²) in [7, 11) is 0. The zero-order valence-corrected chi connectivity index (χ0v) is 13.2. The van der Waals surface area contributed by atoms with Crippen LogP contribution in [0.4, 0.5) is 5.69 Å². The number of halogens is 1. The molecule has 1 amide bonds. The lowest BCUT2D eigenvalue weighted by Crippen LogP contribution is -2.35. The number of nitrogens with one attached hydrogen (secondary N) is 1. The topological polar surface area (TPSA) is 72.2 Å². The van der Waals surface area contributed by atoms with Crippen molar-refractivity contribution >= 4 is 23.2 Å². The number of non-ortho nitro benzene ring substituents is 1. The van der Waals surface area contributed by atoms with Gasteiger partial charge >= 0.3 is 0 Å². The zero-order valence-electron chi connectivity index (χ0n) is 12.4. The Balaban J connectivity index is 2.85. The van der Waals surface area contributed by atoms with E-state index < -0.39 is 4.92 Å². The maximum atomic E-state index is 12.3. The molecule has 6 heteroatoms. The molecule has 0 saturated carbocycles. The highest BCUT2D eigenvalue weighted by atomic mass is 35.5. The van der Waals surface area contributed by atoms with Crippen LogP contribution in [0.1, 0.15) is 56.3 Å². The molecule has 0 aliphatic rings. The zero-order chi connectivity index (χ0) is 15.8. The number of nitro groups is 1. The number of carbonyl (C=O) groups excluding carboxylic acids is 1. The number of hydrogen-bond acceptors (Lipinski definition) is 3. The number of hydrogen-bond donors (Lipinski definition) is 1. The predicted molar refractivity (Wildman–Crippen MR) is 83.8 cm³/mol. The van der Waals surface area contributed by atoms with E-state index in [1.807, 2.05) is 0 Å². The Kier molecular flexibility index (Phi) is 7.15. The Morgan fingerprint density at radius 1 is 1.33 bits per heavy atom. The first-order valence-electron chi connectivity index (χ1n) is 7.24. The minimum atomic E-state index is -0.534. The van der Waals surface area contributed by atoms with Gasteiger partial charge in [-0.2, -0.15) is 0 Å². The maximum Gasteiger partial charge on any atom is 0.270 e. The van der Waals surface area contributed by atoms with E-state index in [1.165, 1.54) is 18.2 Å². The smallest absolute Gasteiger partial charge is 0.270 e. The minimum Gasteiger partial charge on any atom is -0.349 e. The molecular formula is C15H21ClN2O3. The molecule has 1 unspecified atom stereocenters. The van der Waals surface area contributed by atoms with Crippen LogP contribution in [0.3, 0.4) is 0 Å². The molecule has 21 heavy (non-hydrogen) atoms. The first-order chi connectivity index (χ1) is 9.99. The molecular weight excluding hydrogens is 292 g/mol. The highest BCUT2D eigenvalue weighted by Gasteiger charge is 2.18. The highest BCUT2D eigenvalue weighted by molar-refractivity contribution is 6.33. The molecule has 1 atom stereocenters. The third kappa shape index (κ3) is 5.34. The van der Waals surface area contributed by atoms with E-state index in [9.17, 15) is 14.9 Å². The molecule has 0 radical (unpaired) electrons. The van der Waals surface area contributed by atoms with Crippen LogP contribution in [0.25, 0.3) is 0 Å². The average molecular weight is 313 g/mol. The number of benzene rings is 1. The molecule has 116 valence electrons. The maximum absolute atomic E-state index is 12.3. The standard InChI is InChI=1S/C15H21ClN2O3/c1-3-5-7-11(6-4-2)17-15(19)13-10-12(18(20)21)8-9-14(13)16/h8-11H,3-7H2,1-2H3,(H,17,19). The number of carbonyl (C=O) groups is 1. The summed E-state index contributed by atoms with van der Waals surface area (Å²) in [5.74, 6) is -0.349. The predicted octanol–water partition coefficient (Wildman–Crippen LogP) is 4.34. The molecule has 0 heterocycles. The Labute approximate surface area is 129 Å². The Morgan fingerprint density at radius 3 is 2.62 bits per heavy atom. The van der Waals surface area contributed by atoms with Crippen molar-refractivity contribution < 1.29 is 9.72 Å². The number of amides is 1. The van der Waals surface area contributed by atoms with Gasteiger partial charge in [0.05, 0.1) is 15.5 Å². The van der Waals surface area contributed by atoms with Crippen LogP contribution in [-0.2, 0) is 0 Å². The second kappa shape index (κ2) is 8.62. The van der Waals surface area contributed by atoms with Crippen molar-refractivity contribution in [3.8, 4) is 0 Å². The van der Waals surface area contributed by atoms with Crippen molar-refractivity contribution in [2.45, 2.75) is 52.0 Å². The van der Waals surface area contributed by atoms with Gasteiger partial charge in [0, 0.05) is 18.2 Å². The fourth-order valence-electron chi connectivity index (χ4n) is 2.15. The van der Waals surface area contributed by atoms with Crippen LogP contribution in [0.2, 0.25) is 5.02 Å². The number of unbranched alkanes of at least 4 members (excludes halogenated alkanes) is 1. The monoisotopic (exact) mass is 312 g/mol. The van der Waals surface area contributed by atoms with Gasteiger partial charge in [-0.05, 0) is 18.9 Å². The molecule has 0 aliphatic heterocycles. The summed E-state index contributed by atoms with van der Waals surface area (Å²) < 4.78 is 0. The fourth-order valence-corrected chi connectivity index (χ4v) is 2.36. The van der Waals surface area contributed by atoms with E-state index in [0.29, 0.717) is 0 Å². The number of nitro benzene ring substituents is 1. The van der Waals surface area contributed by atoms with Gasteiger partial charge in [0.25, 0.3) is 11.6 Å². The Bertz CT molecular complexity index is 506. The molecule has 5 nitrogen and oxygen atoms in total. The van der Waals surface area contributed by atoms with E-state index in [-0.39, 0.29) is 28.2 Å². The second-order valence-electron chi connectivity index (χ2n) is 5.02. The highest BCUT2D eigenvalue weighted by Crippen LogP contribution is 2.22. The second-order valence-corrected chi connectivity index (χ2v) is 5.43. The lowest BCUT2D eigenvalue weighted by atomic mass is 10.0. The van der Waals surface area contributed by atoms with Crippen molar-refractivity contribution in [2.24, 2.45) is 0 Å². The molecule has 0 bridgehead atoms. The first kappa shape index (κ1) is 17.4. The van der Waals surface area contributed by atoms with Gasteiger partial charge in [-0.15, -0.1) is 0 Å². The van der Waals surface area contributed by atoms with Crippen molar-refractivity contribution in [1.29, 1.82) is 0 Å². The molecule has 1 N–H and O–H groups in total. The molecule has 0 spiro atoms. The van der Waals surface area contributed by atoms with E-state index in [1.54, 1.807) is 0 Å². The largest absolute Gasteiger partial charge is 0.349 e. The summed E-state index contributed by atoms with van der Waals surface area (Å²) in [5.41, 5.74) is 0.0219. The van der Waals surface area contributed by atoms with Gasteiger partial charge in [-0.1, -0.05) is 44.7 Å². The Hall–Kier alpha value is -1.62. The molecule has 1 aromatic carbocycles. The summed E-state index contributed by atoms with van der Waals surface area (Å²) in [6.07, 6.45) is 4.86. The lowest BCUT2D eigenvalue weighted by molar-refractivity contribution is -0.384. The third-order valence-electron chi connectivity index (χ3n) is 3.28. The van der Waals surface area contributed by atoms with Crippen molar-refractivity contribution in [2.75, 3.05) is 0 Å². The lowest BCUT2D eigenvalue weighted by Gasteiger charge is -2.18. The Morgan fingerprint density at radius 2 is 2.05 bits per heavy atom. The molecule has 1 aromatic rings. The van der Waals surface area contributed by atoms with Crippen molar-refractivity contribution in [3.63, 3.8) is 0 Å². The van der Waals surface area contributed by atoms with Crippen LogP contribution >= 0.6 is 11.6 Å². The normalized spacial score (nSPS) is 12.0. The summed E-state index contributed by atoms with van der Waals surface area (Å²) in [6.45, 7) is 4.16. The van der Waals surface area contributed by atoms with Gasteiger partial charge in [0.1, 0.15) is 0 Å². The van der Waals surface area contributed by atoms with Crippen LogP contribution in [0, 0.1) is 10.1 Å². The van der Waals surface area contributed by atoms with Crippen molar-refractivity contribution in [3.05, 3.63) is 38.9 Å². The van der Waals surface area contributed by atoms with E-state index in [4.69, 9.17) is 11.6 Å². The van der Waals surface area contributed by atoms with E-state index >= 15 is 0 Å². The van der Waals surface area contributed by atoms with E-state index in [2.05, 4.69) is 19.2 Å². The first-order valence-corrected chi connectivity index (χ1v) is 7.62. The van der Waals surface area contributed by atoms with Gasteiger partial charge in [0.2, 0.25) is 0 Å². The summed E-state index contributed by atoms with van der Waals surface area (Å²) in [4.78, 5) is 22.5. The summed E-state index contributed by atoms with van der Waals surface area (Å²) in [5, 5.41) is 13.9.